The summed E-state index contributed by atoms with van der Waals surface area (Å²) in [6, 6.07) is 2.54. The number of nitrogens with zero attached hydrogens (tertiary/aromatic N) is 3. The molecular weight excluding hydrogens is 270 g/mol. The summed E-state index contributed by atoms with van der Waals surface area (Å²) in [5.41, 5.74) is 0. The van der Waals surface area contributed by atoms with E-state index < -0.39 is 0 Å². The second-order valence-electron chi connectivity index (χ2n) is 5.27. The van der Waals surface area contributed by atoms with Crippen molar-refractivity contribution in [1.29, 1.82) is 0 Å². The van der Waals surface area contributed by atoms with Gasteiger partial charge in [-0.25, -0.2) is 9.97 Å². The first-order valence-corrected chi connectivity index (χ1v) is 8.55. The maximum Gasteiger partial charge on any atom is 0.191 e. The van der Waals surface area contributed by atoms with Crippen LogP contribution in [0.2, 0.25) is 0 Å². The van der Waals surface area contributed by atoms with Crippen LogP contribution < -0.4 is 10.6 Å². The number of rotatable bonds is 6. The highest BCUT2D eigenvalue weighted by Crippen LogP contribution is 2.20. The molecule has 5 nitrogen and oxygen atoms in total. The van der Waals surface area contributed by atoms with Crippen molar-refractivity contribution in [2.45, 2.75) is 37.4 Å². The number of likely N-dealkylation sites (tertiary alicyclic amines) is 1. The molecule has 2 rings (SSSR count). The minimum atomic E-state index is 0.523. The fraction of sp³-hybridized carbons (Fsp3) is 0.714. The first-order valence-electron chi connectivity index (χ1n) is 7.33. The van der Waals surface area contributed by atoms with Crippen LogP contribution in [0, 0.1) is 0 Å². The van der Waals surface area contributed by atoms with Crippen molar-refractivity contribution in [1.82, 2.24) is 14.9 Å². The van der Waals surface area contributed by atoms with Gasteiger partial charge in [0.1, 0.15) is 11.6 Å². The number of aromatic nitrogens is 2. The van der Waals surface area contributed by atoms with Gasteiger partial charge in [0.05, 0.1) is 0 Å². The maximum atomic E-state index is 4.56. The molecule has 1 aromatic heterocycles. The molecule has 1 aliphatic heterocycles. The van der Waals surface area contributed by atoms with Crippen LogP contribution in [0.4, 0.5) is 11.6 Å². The Hall–Kier alpha value is -1.01. The monoisotopic (exact) mass is 295 g/mol. The number of anilines is 2. The van der Waals surface area contributed by atoms with Crippen LogP contribution in [-0.2, 0) is 0 Å². The van der Waals surface area contributed by atoms with Crippen LogP contribution in [-0.4, -0.2) is 53.8 Å². The van der Waals surface area contributed by atoms with Crippen LogP contribution in [0.5, 0.6) is 0 Å². The molecule has 0 atom stereocenters. The molecule has 0 aliphatic carbocycles. The highest BCUT2D eigenvalue weighted by molar-refractivity contribution is 7.98. The van der Waals surface area contributed by atoms with Gasteiger partial charge in [0.15, 0.2) is 5.16 Å². The summed E-state index contributed by atoms with van der Waals surface area (Å²) in [7, 11) is 2.18. The number of hydrogen-bond acceptors (Lipinski definition) is 6. The van der Waals surface area contributed by atoms with Crippen molar-refractivity contribution < 1.29 is 0 Å². The average molecular weight is 295 g/mol. The Morgan fingerprint density at radius 2 is 2.00 bits per heavy atom. The van der Waals surface area contributed by atoms with Crippen LogP contribution >= 0.6 is 11.8 Å². The minimum Gasteiger partial charge on any atom is -0.370 e. The van der Waals surface area contributed by atoms with Gasteiger partial charge < -0.3 is 15.5 Å². The molecule has 2 heterocycles. The number of piperidine rings is 1. The summed E-state index contributed by atoms with van der Waals surface area (Å²) in [6.45, 7) is 5.40. The van der Waals surface area contributed by atoms with Gasteiger partial charge >= 0.3 is 0 Å². The van der Waals surface area contributed by atoms with Crippen molar-refractivity contribution in [3.8, 4) is 0 Å². The quantitative estimate of drug-likeness (QED) is 0.621. The smallest absolute Gasteiger partial charge is 0.191 e. The number of hydrogen-bond donors (Lipinski definition) is 2. The SMILES string of the molecule is CCCNc1cc(NC2CCN(C)CC2)nc(SC)n1. The van der Waals surface area contributed by atoms with Gasteiger partial charge in [-0.3, -0.25) is 0 Å². The third-order valence-electron chi connectivity index (χ3n) is 3.51. The Bertz CT molecular complexity index is 418. The van der Waals surface area contributed by atoms with Crippen molar-refractivity contribution in [3.63, 3.8) is 0 Å². The topological polar surface area (TPSA) is 53.1 Å². The van der Waals surface area contributed by atoms with Crippen molar-refractivity contribution in [2.75, 3.05) is 43.6 Å². The van der Waals surface area contributed by atoms with E-state index in [2.05, 4.69) is 39.5 Å². The lowest BCUT2D eigenvalue weighted by Gasteiger charge is -2.29. The lowest BCUT2D eigenvalue weighted by Crippen LogP contribution is -2.36. The van der Waals surface area contributed by atoms with E-state index in [9.17, 15) is 0 Å². The molecule has 20 heavy (non-hydrogen) atoms. The summed E-state index contributed by atoms with van der Waals surface area (Å²) in [6.07, 6.45) is 5.45. The summed E-state index contributed by atoms with van der Waals surface area (Å²) in [5.74, 6) is 1.86. The largest absolute Gasteiger partial charge is 0.370 e. The van der Waals surface area contributed by atoms with Gasteiger partial charge in [0.2, 0.25) is 0 Å². The van der Waals surface area contributed by atoms with E-state index in [0.29, 0.717) is 6.04 Å². The molecule has 0 unspecified atom stereocenters. The van der Waals surface area contributed by atoms with Crippen molar-refractivity contribution in [2.24, 2.45) is 0 Å². The van der Waals surface area contributed by atoms with E-state index in [1.807, 2.05) is 12.3 Å². The highest BCUT2D eigenvalue weighted by atomic mass is 32.2. The fourth-order valence-corrected chi connectivity index (χ4v) is 2.68. The Labute approximate surface area is 125 Å². The Morgan fingerprint density at radius 1 is 1.30 bits per heavy atom. The minimum absolute atomic E-state index is 0.523. The summed E-state index contributed by atoms with van der Waals surface area (Å²) >= 11 is 1.58. The zero-order valence-electron chi connectivity index (χ0n) is 12.6. The molecule has 0 aromatic carbocycles. The molecule has 1 aliphatic rings. The molecular formula is C14H25N5S. The summed E-state index contributed by atoms with van der Waals surface area (Å²) < 4.78 is 0. The molecule has 0 bridgehead atoms. The predicted octanol–water partition coefficient (Wildman–Crippen LogP) is 2.53. The van der Waals surface area contributed by atoms with E-state index in [0.717, 1.165) is 42.8 Å². The van der Waals surface area contributed by atoms with Gasteiger partial charge in [-0.1, -0.05) is 18.7 Å². The molecule has 2 N–H and O–H groups in total. The molecule has 0 saturated carbocycles. The lowest BCUT2D eigenvalue weighted by atomic mass is 10.1. The van der Waals surface area contributed by atoms with Crippen LogP contribution in [0.3, 0.4) is 0 Å². The molecule has 0 spiro atoms. The molecule has 6 heteroatoms. The third kappa shape index (κ3) is 4.52. The van der Waals surface area contributed by atoms with Crippen molar-refractivity contribution >= 4 is 23.4 Å². The highest BCUT2D eigenvalue weighted by Gasteiger charge is 2.17. The predicted molar refractivity (Wildman–Crippen MR) is 86.7 cm³/mol. The normalized spacial score (nSPS) is 17.1. The molecule has 0 radical (unpaired) electrons. The first kappa shape index (κ1) is 15.4. The molecule has 1 saturated heterocycles. The number of thioether (sulfide) groups is 1. The Balaban J connectivity index is 2.02. The van der Waals surface area contributed by atoms with E-state index in [4.69, 9.17) is 0 Å². The van der Waals surface area contributed by atoms with Crippen molar-refractivity contribution in [3.05, 3.63) is 6.07 Å². The lowest BCUT2D eigenvalue weighted by molar-refractivity contribution is 0.263. The molecule has 0 amide bonds. The third-order valence-corrected chi connectivity index (χ3v) is 4.06. The van der Waals surface area contributed by atoms with Crippen LogP contribution in [0.25, 0.3) is 0 Å². The summed E-state index contributed by atoms with van der Waals surface area (Å²) in [4.78, 5) is 11.4. The van der Waals surface area contributed by atoms with Gasteiger partial charge in [-0.15, -0.1) is 0 Å². The molecule has 1 fully saturated rings. The molecule has 112 valence electrons. The second kappa shape index (κ2) is 7.69. The zero-order chi connectivity index (χ0) is 14.4. The molecule has 1 aromatic rings. The zero-order valence-corrected chi connectivity index (χ0v) is 13.5. The summed E-state index contributed by atoms with van der Waals surface area (Å²) in [5, 5.41) is 7.72. The van der Waals surface area contributed by atoms with Gasteiger partial charge in [-0.05, 0) is 45.7 Å². The first-order chi connectivity index (χ1) is 9.71. The van der Waals surface area contributed by atoms with E-state index in [1.165, 1.54) is 12.8 Å². The van der Waals surface area contributed by atoms with Gasteiger partial charge in [-0.2, -0.15) is 0 Å². The van der Waals surface area contributed by atoms with Gasteiger partial charge in [0, 0.05) is 18.7 Å². The second-order valence-corrected chi connectivity index (χ2v) is 6.05. The van der Waals surface area contributed by atoms with E-state index in [-0.39, 0.29) is 0 Å². The van der Waals surface area contributed by atoms with Gasteiger partial charge in [0.25, 0.3) is 0 Å². The standard InChI is InChI=1S/C14H25N5S/c1-4-7-15-12-10-13(18-14(17-12)20-3)16-11-5-8-19(2)9-6-11/h10-11H,4-9H2,1-3H3,(H2,15,16,17,18). The maximum absolute atomic E-state index is 4.56. The van der Waals surface area contributed by atoms with E-state index >= 15 is 0 Å². The van der Waals surface area contributed by atoms with Crippen LogP contribution in [0.1, 0.15) is 26.2 Å². The van der Waals surface area contributed by atoms with Crippen LogP contribution in [0.15, 0.2) is 11.2 Å². The fourth-order valence-electron chi connectivity index (χ4n) is 2.30. The number of nitrogens with one attached hydrogen (secondary N) is 2. The van der Waals surface area contributed by atoms with E-state index in [1.54, 1.807) is 11.8 Å². The Morgan fingerprint density at radius 3 is 2.65 bits per heavy atom. The Kier molecular flexibility index (Phi) is 5.91. The average Bonchev–Trinajstić information content (AvgIpc) is 2.47.